The highest BCUT2D eigenvalue weighted by atomic mass is 19.4. The molecule has 0 aromatic heterocycles. The van der Waals surface area contributed by atoms with Crippen LogP contribution < -0.4 is 0 Å². The van der Waals surface area contributed by atoms with Crippen LogP contribution in [0.1, 0.15) is 12.8 Å². The standard InChI is InChI=1S/C8H8F7NO/c9-5(17)6(10,7(11,12)13)8(14,15)16-3-1-2-4-16/h1-4H2. The Morgan fingerprint density at radius 1 is 0.941 bits per heavy atom. The molecule has 100 valence electrons. The van der Waals surface area contributed by atoms with E-state index in [2.05, 4.69) is 0 Å². The van der Waals surface area contributed by atoms with Crippen LogP contribution in [-0.2, 0) is 4.79 Å². The Morgan fingerprint density at radius 3 is 1.65 bits per heavy atom. The van der Waals surface area contributed by atoms with Crippen molar-refractivity contribution in [3.63, 3.8) is 0 Å². The summed E-state index contributed by atoms with van der Waals surface area (Å²) in [6.07, 6.45) is -6.06. The number of halogens is 7. The van der Waals surface area contributed by atoms with Gasteiger partial charge in [0.05, 0.1) is 0 Å². The normalized spacial score (nSPS) is 22.5. The summed E-state index contributed by atoms with van der Waals surface area (Å²) in [5.74, 6) is 0. The molecule has 0 aromatic rings. The molecule has 1 unspecified atom stereocenters. The predicted octanol–water partition coefficient (Wildman–Crippen LogP) is 2.44. The fourth-order valence-corrected chi connectivity index (χ4v) is 1.62. The number of carbonyl (C=O) groups is 1. The third-order valence-corrected chi connectivity index (χ3v) is 2.58. The monoisotopic (exact) mass is 267 g/mol. The molecule has 9 heteroatoms. The Morgan fingerprint density at radius 2 is 1.35 bits per heavy atom. The summed E-state index contributed by atoms with van der Waals surface area (Å²) in [7, 11) is 0. The molecule has 2 nitrogen and oxygen atoms in total. The first-order valence-corrected chi connectivity index (χ1v) is 4.63. The highest BCUT2D eigenvalue weighted by Crippen LogP contribution is 2.48. The van der Waals surface area contributed by atoms with Crippen molar-refractivity contribution in [1.82, 2.24) is 4.90 Å². The zero-order valence-corrected chi connectivity index (χ0v) is 8.33. The van der Waals surface area contributed by atoms with E-state index < -0.39 is 37.0 Å². The van der Waals surface area contributed by atoms with Crippen LogP contribution in [0.4, 0.5) is 30.7 Å². The number of likely N-dealkylation sites (tertiary alicyclic amines) is 1. The van der Waals surface area contributed by atoms with Gasteiger partial charge in [-0.3, -0.25) is 4.79 Å². The van der Waals surface area contributed by atoms with Gasteiger partial charge in [0.15, 0.2) is 0 Å². The van der Waals surface area contributed by atoms with Gasteiger partial charge in [-0.25, -0.2) is 9.29 Å². The van der Waals surface area contributed by atoms with Crippen molar-refractivity contribution >= 4 is 6.04 Å². The molecular weight excluding hydrogens is 259 g/mol. The summed E-state index contributed by atoms with van der Waals surface area (Å²) >= 11 is 0. The van der Waals surface area contributed by atoms with Gasteiger partial charge in [0, 0.05) is 13.1 Å². The number of rotatable bonds is 3. The van der Waals surface area contributed by atoms with Gasteiger partial charge >= 0.3 is 23.9 Å². The lowest BCUT2D eigenvalue weighted by atomic mass is 10.0. The van der Waals surface area contributed by atoms with Crippen LogP contribution in [0.5, 0.6) is 0 Å². The predicted molar refractivity (Wildman–Crippen MR) is 41.8 cm³/mol. The lowest BCUT2D eigenvalue weighted by Crippen LogP contribution is -2.65. The molecule has 17 heavy (non-hydrogen) atoms. The Kier molecular flexibility index (Phi) is 3.43. The molecule has 0 spiro atoms. The summed E-state index contributed by atoms with van der Waals surface area (Å²) in [6.45, 7) is -1.05. The minimum absolute atomic E-state index is 0.129. The molecule has 1 heterocycles. The Bertz CT molecular complexity index is 309. The molecule has 0 amide bonds. The maximum absolute atomic E-state index is 13.3. The average molecular weight is 267 g/mol. The second-order valence-electron chi connectivity index (χ2n) is 3.67. The Balaban J connectivity index is 3.18. The van der Waals surface area contributed by atoms with Crippen molar-refractivity contribution in [3.05, 3.63) is 0 Å². The summed E-state index contributed by atoms with van der Waals surface area (Å²) in [4.78, 5) is 9.88. The quantitative estimate of drug-likeness (QED) is 0.444. The fraction of sp³-hybridized carbons (Fsp3) is 0.875. The van der Waals surface area contributed by atoms with Gasteiger partial charge in [0.2, 0.25) is 0 Å². The van der Waals surface area contributed by atoms with E-state index in [0.717, 1.165) is 0 Å². The zero-order valence-electron chi connectivity index (χ0n) is 8.33. The molecule has 0 radical (unpaired) electrons. The molecule has 1 aliphatic rings. The third kappa shape index (κ3) is 2.00. The van der Waals surface area contributed by atoms with Gasteiger partial charge < -0.3 is 0 Å². The van der Waals surface area contributed by atoms with E-state index in [4.69, 9.17) is 0 Å². The smallest absolute Gasteiger partial charge is 0.257 e. The molecule has 0 aromatic carbocycles. The topological polar surface area (TPSA) is 20.3 Å². The molecule has 1 aliphatic heterocycles. The van der Waals surface area contributed by atoms with Gasteiger partial charge in [-0.2, -0.15) is 26.3 Å². The number of hydrogen-bond donors (Lipinski definition) is 0. The molecule has 1 atom stereocenters. The summed E-state index contributed by atoms with van der Waals surface area (Å²) in [5, 5.41) is 0. The molecular formula is C8H8F7NO. The van der Waals surface area contributed by atoms with Gasteiger partial charge in [-0.05, 0) is 12.8 Å². The van der Waals surface area contributed by atoms with Crippen LogP contribution in [0.3, 0.4) is 0 Å². The van der Waals surface area contributed by atoms with Crippen molar-refractivity contribution in [2.75, 3.05) is 13.1 Å². The first-order valence-electron chi connectivity index (χ1n) is 4.63. The Labute approximate surface area is 91.4 Å². The van der Waals surface area contributed by atoms with E-state index in [-0.39, 0.29) is 17.7 Å². The van der Waals surface area contributed by atoms with E-state index in [1.807, 2.05) is 0 Å². The van der Waals surface area contributed by atoms with E-state index >= 15 is 0 Å². The minimum Gasteiger partial charge on any atom is -0.257 e. The van der Waals surface area contributed by atoms with Crippen molar-refractivity contribution < 1.29 is 35.5 Å². The van der Waals surface area contributed by atoms with Gasteiger partial charge in [0.1, 0.15) is 0 Å². The van der Waals surface area contributed by atoms with Crippen LogP contribution >= 0.6 is 0 Å². The second-order valence-corrected chi connectivity index (χ2v) is 3.67. The van der Waals surface area contributed by atoms with Crippen LogP contribution in [0.25, 0.3) is 0 Å². The maximum atomic E-state index is 13.3. The highest BCUT2D eigenvalue weighted by molar-refractivity contribution is 5.80. The first-order chi connectivity index (χ1) is 7.55. The van der Waals surface area contributed by atoms with Crippen LogP contribution in [0, 0.1) is 0 Å². The highest BCUT2D eigenvalue weighted by Gasteiger charge is 2.78. The molecule has 0 aliphatic carbocycles. The van der Waals surface area contributed by atoms with E-state index in [1.54, 1.807) is 0 Å². The lowest BCUT2D eigenvalue weighted by Gasteiger charge is -2.36. The second kappa shape index (κ2) is 4.11. The fourth-order valence-electron chi connectivity index (χ4n) is 1.62. The summed E-state index contributed by atoms with van der Waals surface area (Å²) in [5.41, 5.74) is -5.82. The summed E-state index contributed by atoms with van der Waals surface area (Å²) < 4.78 is 88.4. The van der Waals surface area contributed by atoms with Crippen molar-refractivity contribution in [2.24, 2.45) is 0 Å². The first kappa shape index (κ1) is 14.2. The minimum atomic E-state index is -6.31. The number of carbonyl (C=O) groups excluding carboxylic acids is 1. The van der Waals surface area contributed by atoms with Crippen molar-refractivity contribution in [2.45, 2.75) is 30.7 Å². The molecule has 0 bridgehead atoms. The van der Waals surface area contributed by atoms with Crippen molar-refractivity contribution in [3.8, 4) is 0 Å². The number of hydrogen-bond acceptors (Lipinski definition) is 2. The maximum Gasteiger partial charge on any atom is 0.440 e. The SMILES string of the molecule is O=C(F)C(F)(C(F)(F)F)C(F)(F)N1CCCC1. The number of nitrogens with zero attached hydrogens (tertiary/aromatic N) is 1. The molecule has 1 saturated heterocycles. The molecule has 0 saturated carbocycles. The largest absolute Gasteiger partial charge is 0.440 e. The Hall–Kier alpha value is -0.860. The lowest BCUT2D eigenvalue weighted by molar-refractivity contribution is -0.327. The van der Waals surface area contributed by atoms with E-state index in [9.17, 15) is 35.5 Å². The van der Waals surface area contributed by atoms with Crippen LogP contribution in [-0.4, -0.2) is 41.9 Å². The molecule has 1 fully saturated rings. The van der Waals surface area contributed by atoms with Crippen molar-refractivity contribution in [1.29, 1.82) is 0 Å². The van der Waals surface area contributed by atoms with Gasteiger partial charge in [-0.15, -0.1) is 0 Å². The van der Waals surface area contributed by atoms with Crippen LogP contribution in [0.15, 0.2) is 0 Å². The third-order valence-electron chi connectivity index (χ3n) is 2.58. The van der Waals surface area contributed by atoms with Crippen LogP contribution in [0.2, 0.25) is 0 Å². The molecule has 0 N–H and O–H groups in total. The average Bonchev–Trinajstić information content (AvgIpc) is 2.66. The number of alkyl halides is 6. The summed E-state index contributed by atoms with van der Waals surface area (Å²) in [6, 6.07) is -8.98. The molecule has 1 rings (SSSR count). The van der Waals surface area contributed by atoms with Gasteiger partial charge in [-0.1, -0.05) is 0 Å². The van der Waals surface area contributed by atoms with E-state index in [0.29, 0.717) is 0 Å². The zero-order chi connectivity index (χ0) is 13.5. The van der Waals surface area contributed by atoms with Gasteiger partial charge in [0.25, 0.3) is 0 Å². The van der Waals surface area contributed by atoms with E-state index in [1.165, 1.54) is 0 Å².